The maximum absolute atomic E-state index is 12.6. The third-order valence-electron chi connectivity index (χ3n) is 5.03. The molecule has 0 fully saturated rings. The summed E-state index contributed by atoms with van der Waals surface area (Å²) < 4.78 is 0. The van der Waals surface area contributed by atoms with E-state index in [0.29, 0.717) is 18.4 Å². The average molecular weight is 362 g/mol. The summed E-state index contributed by atoms with van der Waals surface area (Å²) >= 11 is 0. The second kappa shape index (κ2) is 9.36. The van der Waals surface area contributed by atoms with Crippen LogP contribution in [-0.2, 0) is 9.59 Å². The van der Waals surface area contributed by atoms with E-state index >= 15 is 0 Å². The summed E-state index contributed by atoms with van der Waals surface area (Å²) in [6, 6.07) is 6.44. The van der Waals surface area contributed by atoms with Crippen molar-refractivity contribution in [2.75, 3.05) is 6.54 Å². The predicted molar refractivity (Wildman–Crippen MR) is 101 cm³/mol. The first-order valence-corrected chi connectivity index (χ1v) is 9.06. The van der Waals surface area contributed by atoms with E-state index in [2.05, 4.69) is 10.6 Å². The lowest BCUT2D eigenvalue weighted by Crippen LogP contribution is -2.52. The van der Waals surface area contributed by atoms with Crippen LogP contribution in [0.2, 0.25) is 0 Å². The van der Waals surface area contributed by atoms with Crippen LogP contribution >= 0.6 is 0 Å². The zero-order valence-corrected chi connectivity index (χ0v) is 16.3. The third kappa shape index (κ3) is 5.07. The van der Waals surface area contributed by atoms with E-state index in [1.165, 1.54) is 0 Å². The van der Waals surface area contributed by atoms with Gasteiger partial charge < -0.3 is 15.7 Å². The fourth-order valence-corrected chi connectivity index (χ4v) is 2.83. The van der Waals surface area contributed by atoms with Gasteiger partial charge in [-0.2, -0.15) is 0 Å². The SMILES string of the molecule is CCC(CC)(CNC(=O)C(NC(=O)c1ccccc1C)C(C)C)C(=O)O. The molecule has 0 saturated heterocycles. The molecule has 0 aromatic heterocycles. The molecule has 1 aromatic rings. The Morgan fingerprint density at radius 2 is 1.69 bits per heavy atom. The quantitative estimate of drug-likeness (QED) is 0.629. The van der Waals surface area contributed by atoms with Crippen LogP contribution in [-0.4, -0.2) is 35.5 Å². The van der Waals surface area contributed by atoms with Gasteiger partial charge in [0.25, 0.3) is 5.91 Å². The number of carbonyl (C=O) groups is 3. The molecular formula is C20H30N2O4. The molecule has 1 atom stereocenters. The molecule has 3 N–H and O–H groups in total. The van der Waals surface area contributed by atoms with Gasteiger partial charge in [0, 0.05) is 12.1 Å². The van der Waals surface area contributed by atoms with E-state index in [1.807, 2.05) is 32.9 Å². The molecule has 1 unspecified atom stereocenters. The highest BCUT2D eigenvalue weighted by Crippen LogP contribution is 2.25. The van der Waals surface area contributed by atoms with Crippen LogP contribution in [0.4, 0.5) is 0 Å². The highest BCUT2D eigenvalue weighted by molar-refractivity contribution is 5.98. The van der Waals surface area contributed by atoms with Gasteiger partial charge in [0.15, 0.2) is 0 Å². The van der Waals surface area contributed by atoms with Crippen molar-refractivity contribution in [1.29, 1.82) is 0 Å². The number of hydrogen-bond donors (Lipinski definition) is 3. The minimum Gasteiger partial charge on any atom is -0.481 e. The van der Waals surface area contributed by atoms with Crippen molar-refractivity contribution in [3.8, 4) is 0 Å². The number of carboxylic acid groups (broad SMARTS) is 1. The number of hydrogen-bond acceptors (Lipinski definition) is 3. The first-order valence-electron chi connectivity index (χ1n) is 9.06. The number of aliphatic carboxylic acids is 1. The summed E-state index contributed by atoms with van der Waals surface area (Å²) in [4.78, 5) is 36.7. The average Bonchev–Trinajstić information content (AvgIpc) is 2.60. The smallest absolute Gasteiger partial charge is 0.311 e. The molecule has 0 heterocycles. The summed E-state index contributed by atoms with van der Waals surface area (Å²) in [5.41, 5.74) is 0.361. The minimum atomic E-state index is -0.989. The van der Waals surface area contributed by atoms with Crippen molar-refractivity contribution in [1.82, 2.24) is 10.6 Å². The van der Waals surface area contributed by atoms with E-state index in [0.717, 1.165) is 5.56 Å². The van der Waals surface area contributed by atoms with Crippen LogP contribution in [0.15, 0.2) is 24.3 Å². The minimum absolute atomic E-state index is 0.0393. The number of aryl methyl sites for hydroxylation is 1. The van der Waals surface area contributed by atoms with Crippen molar-refractivity contribution in [2.45, 2.75) is 53.5 Å². The van der Waals surface area contributed by atoms with E-state index in [1.54, 1.807) is 26.0 Å². The summed E-state index contributed by atoms with van der Waals surface area (Å²) in [6.07, 6.45) is 0.835. The Bertz CT molecular complexity index is 651. The summed E-state index contributed by atoms with van der Waals surface area (Å²) in [5.74, 6) is -1.74. The Balaban J connectivity index is 2.87. The lowest BCUT2D eigenvalue weighted by atomic mass is 9.82. The fraction of sp³-hybridized carbons (Fsp3) is 0.550. The second-order valence-electron chi connectivity index (χ2n) is 7.02. The van der Waals surface area contributed by atoms with E-state index in [9.17, 15) is 19.5 Å². The van der Waals surface area contributed by atoms with Gasteiger partial charge in [-0.25, -0.2) is 0 Å². The van der Waals surface area contributed by atoms with Crippen LogP contribution in [0, 0.1) is 18.3 Å². The van der Waals surface area contributed by atoms with Gasteiger partial charge in [-0.05, 0) is 37.3 Å². The molecule has 2 amide bonds. The summed E-state index contributed by atoms with van der Waals surface area (Å²) in [5, 5.41) is 15.0. The zero-order valence-electron chi connectivity index (χ0n) is 16.3. The Morgan fingerprint density at radius 1 is 1.12 bits per heavy atom. The van der Waals surface area contributed by atoms with Gasteiger partial charge in [-0.3, -0.25) is 14.4 Å². The molecule has 0 radical (unpaired) electrons. The Kier molecular flexibility index (Phi) is 7.80. The van der Waals surface area contributed by atoms with Crippen molar-refractivity contribution < 1.29 is 19.5 Å². The molecule has 0 aliphatic heterocycles. The first kappa shape index (κ1) is 21.7. The van der Waals surface area contributed by atoms with E-state index < -0.39 is 17.4 Å². The lowest BCUT2D eigenvalue weighted by molar-refractivity contribution is -0.149. The van der Waals surface area contributed by atoms with E-state index in [4.69, 9.17) is 0 Å². The van der Waals surface area contributed by atoms with Crippen LogP contribution in [0.1, 0.15) is 56.5 Å². The molecule has 1 aromatic carbocycles. The molecule has 6 heteroatoms. The van der Waals surface area contributed by atoms with Crippen LogP contribution < -0.4 is 10.6 Å². The molecule has 144 valence electrons. The normalized spacial score (nSPS) is 12.5. The molecule has 0 bridgehead atoms. The number of rotatable bonds is 9. The van der Waals surface area contributed by atoms with Gasteiger partial charge in [0.2, 0.25) is 5.91 Å². The number of amides is 2. The molecule has 0 aliphatic carbocycles. The largest absolute Gasteiger partial charge is 0.481 e. The molecule has 1 rings (SSSR count). The Hall–Kier alpha value is -2.37. The third-order valence-corrected chi connectivity index (χ3v) is 5.03. The molecule has 0 spiro atoms. The van der Waals surface area contributed by atoms with Gasteiger partial charge in [-0.1, -0.05) is 45.9 Å². The predicted octanol–water partition coefficient (Wildman–Crippen LogP) is 2.76. The molecule has 26 heavy (non-hydrogen) atoms. The summed E-state index contributed by atoms with van der Waals surface area (Å²) in [6.45, 7) is 9.15. The monoisotopic (exact) mass is 362 g/mol. The number of carboxylic acids is 1. The molecule has 0 saturated carbocycles. The van der Waals surface area contributed by atoms with Crippen molar-refractivity contribution in [3.63, 3.8) is 0 Å². The highest BCUT2D eigenvalue weighted by atomic mass is 16.4. The van der Waals surface area contributed by atoms with Gasteiger partial charge in [-0.15, -0.1) is 0 Å². The lowest BCUT2D eigenvalue weighted by Gasteiger charge is -2.29. The number of carbonyl (C=O) groups excluding carboxylic acids is 2. The van der Waals surface area contributed by atoms with Crippen molar-refractivity contribution in [3.05, 3.63) is 35.4 Å². The number of benzene rings is 1. The standard InChI is InChI=1S/C20H30N2O4/c1-6-20(7-2,19(25)26)12-21-18(24)16(13(3)4)22-17(23)15-11-9-8-10-14(15)5/h8-11,13,16H,6-7,12H2,1-5H3,(H,21,24)(H,22,23)(H,25,26). The van der Waals surface area contributed by atoms with Gasteiger partial charge >= 0.3 is 5.97 Å². The topological polar surface area (TPSA) is 95.5 Å². The Morgan fingerprint density at radius 3 is 2.15 bits per heavy atom. The summed E-state index contributed by atoms with van der Waals surface area (Å²) in [7, 11) is 0. The van der Waals surface area contributed by atoms with E-state index in [-0.39, 0.29) is 24.3 Å². The Labute approximate surface area is 155 Å². The molecular weight excluding hydrogens is 332 g/mol. The van der Waals surface area contributed by atoms with Gasteiger partial charge in [0.05, 0.1) is 5.41 Å². The van der Waals surface area contributed by atoms with Crippen molar-refractivity contribution >= 4 is 17.8 Å². The first-order chi connectivity index (χ1) is 12.2. The zero-order chi connectivity index (χ0) is 19.9. The van der Waals surface area contributed by atoms with Crippen molar-refractivity contribution in [2.24, 2.45) is 11.3 Å². The maximum atomic E-state index is 12.6. The molecule has 6 nitrogen and oxygen atoms in total. The van der Waals surface area contributed by atoms with Gasteiger partial charge in [0.1, 0.15) is 6.04 Å². The maximum Gasteiger partial charge on any atom is 0.311 e. The number of nitrogens with one attached hydrogen (secondary N) is 2. The second-order valence-corrected chi connectivity index (χ2v) is 7.02. The van der Waals surface area contributed by atoms with Crippen LogP contribution in [0.3, 0.4) is 0 Å². The van der Waals surface area contributed by atoms with Crippen LogP contribution in [0.25, 0.3) is 0 Å². The van der Waals surface area contributed by atoms with Crippen LogP contribution in [0.5, 0.6) is 0 Å². The fourth-order valence-electron chi connectivity index (χ4n) is 2.83. The highest BCUT2D eigenvalue weighted by Gasteiger charge is 2.36. The molecule has 0 aliphatic rings.